The summed E-state index contributed by atoms with van der Waals surface area (Å²) in [6.07, 6.45) is 5.72. The molecule has 3 aromatic heterocycles. The number of piperidine rings is 1. The summed E-state index contributed by atoms with van der Waals surface area (Å²) < 4.78 is 8.27. The van der Waals surface area contributed by atoms with Crippen LogP contribution < -0.4 is 15.9 Å². The van der Waals surface area contributed by atoms with Gasteiger partial charge in [-0.05, 0) is 63.4 Å². The summed E-state index contributed by atoms with van der Waals surface area (Å²) in [5.74, 6) is 6.72. The molecule has 9 heteroatoms. The first-order valence-corrected chi connectivity index (χ1v) is 13.0. The molecule has 1 saturated heterocycles. The Morgan fingerprint density at radius 3 is 2.62 bits per heavy atom. The molecule has 9 nitrogen and oxygen atoms in total. The lowest BCUT2D eigenvalue weighted by Crippen LogP contribution is -2.31. The minimum Gasteiger partial charge on any atom is -0.469 e. The zero-order valence-corrected chi connectivity index (χ0v) is 22.5. The van der Waals surface area contributed by atoms with Crippen LogP contribution in [-0.4, -0.2) is 44.9 Å². The van der Waals surface area contributed by atoms with Crippen molar-refractivity contribution in [1.29, 1.82) is 5.26 Å². The van der Waals surface area contributed by atoms with Crippen LogP contribution in [0, 0.1) is 17.2 Å². The van der Waals surface area contributed by atoms with Crippen molar-refractivity contribution >= 4 is 17.1 Å². The van der Waals surface area contributed by atoms with E-state index in [1.807, 2.05) is 51.1 Å². The van der Waals surface area contributed by atoms with Crippen LogP contribution in [0.4, 0.5) is 0 Å². The zero-order valence-electron chi connectivity index (χ0n) is 22.5. The Hall–Kier alpha value is -3.77. The lowest BCUT2D eigenvalue weighted by molar-refractivity contribution is 0.163. The zero-order chi connectivity index (χ0) is 26.8. The molecule has 0 bridgehead atoms. The minimum absolute atomic E-state index is 0.239. The van der Waals surface area contributed by atoms with Crippen LogP contribution in [0.5, 0.6) is 5.88 Å². The molecule has 0 aliphatic carbocycles. The number of fused-ring (bicyclic) bond motifs is 1. The number of ether oxygens (including phenoxy) is 1. The first-order valence-electron chi connectivity index (χ1n) is 13.0. The summed E-state index contributed by atoms with van der Waals surface area (Å²) in [5, 5.41) is 17.1. The highest BCUT2D eigenvalue weighted by Gasteiger charge is 2.22. The maximum Gasteiger partial charge on any atom is 0.201 e. The number of nitriles is 1. The number of pyridine rings is 2. The Labute approximate surface area is 219 Å². The number of imidazole rings is 1. The largest absolute Gasteiger partial charge is 0.469 e. The molecule has 1 aliphatic rings. The van der Waals surface area contributed by atoms with E-state index in [-0.39, 0.29) is 12.1 Å². The summed E-state index contributed by atoms with van der Waals surface area (Å²) in [5.41, 5.74) is 3.88. The van der Waals surface area contributed by atoms with Crippen LogP contribution in [0.15, 0.2) is 52.8 Å². The highest BCUT2D eigenvalue weighted by molar-refractivity contribution is 6.47. The number of nitrogens with zero attached hydrogens (tertiary/aromatic N) is 6. The molecule has 0 amide bonds. The van der Waals surface area contributed by atoms with Gasteiger partial charge in [-0.25, -0.2) is 4.98 Å². The van der Waals surface area contributed by atoms with E-state index >= 15 is 0 Å². The molecule has 3 aromatic rings. The predicted molar refractivity (Wildman–Crippen MR) is 148 cm³/mol. The number of nitrogens with two attached hydrogens (primary N) is 1. The third kappa shape index (κ3) is 6.92. The molecule has 196 valence electrons. The average Bonchev–Trinajstić information content (AvgIpc) is 3.34. The van der Waals surface area contributed by atoms with E-state index in [4.69, 9.17) is 15.6 Å². The van der Waals surface area contributed by atoms with Crippen molar-refractivity contribution < 1.29 is 4.74 Å². The van der Waals surface area contributed by atoms with Gasteiger partial charge >= 0.3 is 0 Å². The molecular formula is C28H38N8O. The molecule has 0 radical (unpaired) electrons. The van der Waals surface area contributed by atoms with Crippen molar-refractivity contribution in [3.63, 3.8) is 0 Å². The normalized spacial score (nSPS) is 15.7. The number of rotatable bonds is 8. The summed E-state index contributed by atoms with van der Waals surface area (Å²) in [7, 11) is 0. The van der Waals surface area contributed by atoms with Gasteiger partial charge in [0.1, 0.15) is 29.2 Å². The fourth-order valence-electron chi connectivity index (χ4n) is 4.40. The average molecular weight is 503 g/mol. The van der Waals surface area contributed by atoms with Crippen LogP contribution in [0.1, 0.15) is 76.9 Å². The lowest BCUT2D eigenvalue weighted by Gasteiger charge is -2.22. The fourth-order valence-corrected chi connectivity index (χ4v) is 4.40. The molecule has 0 spiro atoms. The third-order valence-electron chi connectivity index (χ3n) is 6.08. The molecule has 4 rings (SSSR count). The Bertz CT molecular complexity index is 1250. The van der Waals surface area contributed by atoms with E-state index in [1.165, 1.54) is 0 Å². The first-order chi connectivity index (χ1) is 18.0. The van der Waals surface area contributed by atoms with Crippen LogP contribution in [0.3, 0.4) is 0 Å². The van der Waals surface area contributed by atoms with E-state index in [9.17, 15) is 5.26 Å². The SMILES string of the molecule is CC.CC(=NC1CCNCC1)/C(=N\N)c1cc(OC(CC(C)C)c2ccccn2)n2c(C#N)cnc2c1. The van der Waals surface area contributed by atoms with E-state index < -0.39 is 0 Å². The van der Waals surface area contributed by atoms with Gasteiger partial charge in [-0.2, -0.15) is 10.4 Å². The second-order valence-electron chi connectivity index (χ2n) is 9.20. The molecule has 1 fully saturated rings. The van der Waals surface area contributed by atoms with Gasteiger partial charge in [0, 0.05) is 17.8 Å². The van der Waals surface area contributed by atoms with Gasteiger partial charge in [0.25, 0.3) is 0 Å². The van der Waals surface area contributed by atoms with E-state index in [0.29, 0.717) is 28.9 Å². The molecule has 0 aromatic carbocycles. The van der Waals surface area contributed by atoms with Crippen molar-refractivity contribution in [3.05, 3.63) is 59.7 Å². The van der Waals surface area contributed by atoms with Gasteiger partial charge in [-0.3, -0.25) is 14.4 Å². The first kappa shape index (κ1) is 27.8. The van der Waals surface area contributed by atoms with E-state index in [2.05, 4.69) is 40.3 Å². The molecule has 1 atom stereocenters. The quantitative estimate of drug-likeness (QED) is 0.262. The Morgan fingerprint density at radius 2 is 2.00 bits per heavy atom. The summed E-state index contributed by atoms with van der Waals surface area (Å²) in [6, 6.07) is 11.9. The molecule has 37 heavy (non-hydrogen) atoms. The Morgan fingerprint density at radius 1 is 1.24 bits per heavy atom. The molecule has 1 unspecified atom stereocenters. The van der Waals surface area contributed by atoms with E-state index in [0.717, 1.165) is 49.3 Å². The van der Waals surface area contributed by atoms with Gasteiger partial charge in [-0.1, -0.05) is 33.8 Å². The standard InChI is InChI=1S/C26H32N8O.C2H6/c1-17(2)12-23(22-6-4-5-9-30-22)35-25-14-19(13-24-31-16-21(15-27)34(24)25)26(33-28)18(3)32-20-7-10-29-11-8-20;1-2/h4-6,9,13-14,16-17,20,23,29H,7-8,10-12,28H2,1-3H3;1-2H3/b32-18?,33-26+;. The highest BCUT2D eigenvalue weighted by atomic mass is 16.5. The second kappa shape index (κ2) is 13.5. The van der Waals surface area contributed by atoms with Crippen molar-refractivity contribution in [2.24, 2.45) is 21.9 Å². The fraction of sp³-hybridized carbons (Fsp3) is 0.464. The van der Waals surface area contributed by atoms with Gasteiger partial charge in [-0.15, -0.1) is 0 Å². The monoisotopic (exact) mass is 502 g/mol. The molecule has 1 aliphatic heterocycles. The molecule has 4 heterocycles. The van der Waals surface area contributed by atoms with Crippen LogP contribution in [0.25, 0.3) is 5.65 Å². The van der Waals surface area contributed by atoms with Crippen LogP contribution in [-0.2, 0) is 0 Å². The minimum atomic E-state index is -0.300. The van der Waals surface area contributed by atoms with Crippen molar-refractivity contribution in [2.45, 2.75) is 66.0 Å². The number of aromatic nitrogens is 3. The lowest BCUT2D eigenvalue weighted by atomic mass is 10.0. The van der Waals surface area contributed by atoms with Gasteiger partial charge in [0.2, 0.25) is 5.88 Å². The Kier molecular flexibility index (Phi) is 10.2. The molecule has 3 N–H and O–H groups in total. The predicted octanol–water partition coefficient (Wildman–Crippen LogP) is 4.67. The number of aliphatic imine (C=N–C) groups is 1. The molecular weight excluding hydrogens is 464 g/mol. The third-order valence-corrected chi connectivity index (χ3v) is 6.08. The number of hydrogen-bond donors (Lipinski definition) is 2. The Balaban J connectivity index is 0.00000186. The van der Waals surface area contributed by atoms with Crippen molar-refractivity contribution in [1.82, 2.24) is 19.7 Å². The highest BCUT2D eigenvalue weighted by Crippen LogP contribution is 2.29. The number of nitrogens with one attached hydrogen (secondary N) is 1. The van der Waals surface area contributed by atoms with Crippen molar-refractivity contribution in [2.75, 3.05) is 13.1 Å². The van der Waals surface area contributed by atoms with Crippen molar-refractivity contribution in [3.8, 4) is 11.9 Å². The number of hydrazone groups is 1. The molecule has 0 saturated carbocycles. The van der Waals surface area contributed by atoms with E-state index in [1.54, 1.807) is 16.8 Å². The van der Waals surface area contributed by atoms with Crippen LogP contribution >= 0.6 is 0 Å². The topological polar surface area (TPSA) is 126 Å². The maximum absolute atomic E-state index is 9.69. The summed E-state index contributed by atoms with van der Waals surface area (Å²) in [4.78, 5) is 13.9. The maximum atomic E-state index is 9.69. The summed E-state index contributed by atoms with van der Waals surface area (Å²) in [6.45, 7) is 12.1. The van der Waals surface area contributed by atoms with Gasteiger partial charge in [0.15, 0.2) is 0 Å². The number of hydrogen-bond acceptors (Lipinski definition) is 8. The smallest absolute Gasteiger partial charge is 0.201 e. The van der Waals surface area contributed by atoms with Gasteiger partial charge < -0.3 is 15.9 Å². The summed E-state index contributed by atoms with van der Waals surface area (Å²) >= 11 is 0. The van der Waals surface area contributed by atoms with Crippen LogP contribution in [0.2, 0.25) is 0 Å². The second-order valence-corrected chi connectivity index (χ2v) is 9.20. The van der Waals surface area contributed by atoms with Gasteiger partial charge in [0.05, 0.1) is 23.6 Å².